The third kappa shape index (κ3) is 2.74. The number of benzene rings is 2. The van der Waals surface area contributed by atoms with Gasteiger partial charge in [0.05, 0.1) is 11.5 Å². The molecule has 0 aromatic heterocycles. The summed E-state index contributed by atoms with van der Waals surface area (Å²) in [5, 5.41) is 12.6. The lowest BCUT2D eigenvalue weighted by Gasteiger charge is -2.45. The van der Waals surface area contributed by atoms with Crippen LogP contribution in [0.4, 0.5) is 0 Å². The SMILES string of the molecule is COC12CCc3cc(C)c(C(=O)O)cc3C1C(=O)c1cc3c(cc1C2=O)C(N=O)C=CC3=O. The highest BCUT2D eigenvalue weighted by Gasteiger charge is 2.57. The van der Waals surface area contributed by atoms with E-state index in [1.165, 1.54) is 37.5 Å². The zero-order chi connectivity index (χ0) is 23.7. The molecule has 0 spiro atoms. The van der Waals surface area contributed by atoms with Crippen molar-refractivity contribution in [1.29, 1.82) is 0 Å². The Kier molecular flexibility index (Phi) is 4.54. The number of aryl methyl sites for hydroxylation is 2. The fourth-order valence-electron chi connectivity index (χ4n) is 5.44. The predicted octanol–water partition coefficient (Wildman–Crippen LogP) is 3.75. The lowest BCUT2D eigenvalue weighted by atomic mass is 9.61. The molecule has 3 aliphatic carbocycles. The molecular formula is C25H19NO7. The van der Waals surface area contributed by atoms with E-state index in [4.69, 9.17) is 4.74 Å². The summed E-state index contributed by atoms with van der Waals surface area (Å²) in [6.45, 7) is 1.69. The van der Waals surface area contributed by atoms with Gasteiger partial charge in [0.25, 0.3) is 0 Å². The maximum absolute atomic E-state index is 13.8. The number of carboxylic acids is 1. The number of nitrogens with zero attached hydrogens (tertiary/aromatic N) is 1. The number of carbonyl (C=O) groups is 4. The number of Topliss-reactive ketones (excluding diaryl/α,β-unsaturated/α-hetero) is 2. The molecule has 3 unspecified atom stereocenters. The first-order chi connectivity index (χ1) is 15.7. The van der Waals surface area contributed by atoms with Crippen molar-refractivity contribution < 1.29 is 29.0 Å². The first kappa shape index (κ1) is 21.1. The van der Waals surface area contributed by atoms with Gasteiger partial charge in [-0.3, -0.25) is 14.4 Å². The minimum Gasteiger partial charge on any atom is -0.478 e. The summed E-state index contributed by atoms with van der Waals surface area (Å²) in [5.41, 5.74) is 0.943. The van der Waals surface area contributed by atoms with Gasteiger partial charge in [-0.15, -0.1) is 4.91 Å². The van der Waals surface area contributed by atoms with Gasteiger partial charge in [0, 0.05) is 23.8 Å². The number of fused-ring (bicyclic) bond motifs is 5. The van der Waals surface area contributed by atoms with Crippen LogP contribution in [0.3, 0.4) is 0 Å². The molecule has 3 atom stereocenters. The van der Waals surface area contributed by atoms with E-state index in [1.807, 2.05) is 0 Å². The molecule has 8 heteroatoms. The van der Waals surface area contributed by atoms with Crippen molar-refractivity contribution in [2.75, 3.05) is 7.11 Å². The van der Waals surface area contributed by atoms with E-state index in [-0.39, 0.29) is 40.0 Å². The fraction of sp³-hybridized carbons (Fsp3) is 0.280. The molecule has 0 aliphatic heterocycles. The van der Waals surface area contributed by atoms with Crippen molar-refractivity contribution in [3.8, 4) is 0 Å². The summed E-state index contributed by atoms with van der Waals surface area (Å²) in [6.07, 6.45) is 3.26. The minimum atomic E-state index is -1.50. The molecule has 0 saturated heterocycles. The number of methoxy groups -OCH3 is 1. The Labute approximate surface area is 188 Å². The van der Waals surface area contributed by atoms with Crippen LogP contribution in [0.2, 0.25) is 0 Å². The lowest BCUT2D eigenvalue weighted by molar-refractivity contribution is -0.0220. The number of ether oxygens (including phenoxy) is 1. The number of hydrogen-bond acceptors (Lipinski definition) is 7. The number of carbonyl (C=O) groups excluding carboxylic acids is 3. The highest BCUT2D eigenvalue weighted by Crippen LogP contribution is 2.50. The van der Waals surface area contributed by atoms with Crippen LogP contribution in [0.15, 0.2) is 41.6 Å². The van der Waals surface area contributed by atoms with E-state index in [0.29, 0.717) is 17.5 Å². The first-order valence-corrected chi connectivity index (χ1v) is 10.5. The summed E-state index contributed by atoms with van der Waals surface area (Å²) >= 11 is 0. The van der Waals surface area contributed by atoms with Gasteiger partial charge in [0.1, 0.15) is 11.6 Å². The highest BCUT2D eigenvalue weighted by molar-refractivity contribution is 6.22. The molecule has 0 fully saturated rings. The van der Waals surface area contributed by atoms with Crippen LogP contribution in [-0.2, 0) is 11.2 Å². The third-order valence-electron chi connectivity index (χ3n) is 7.10. The number of rotatable bonds is 3. The third-order valence-corrected chi connectivity index (χ3v) is 7.10. The van der Waals surface area contributed by atoms with E-state index in [9.17, 15) is 29.2 Å². The Morgan fingerprint density at radius 2 is 1.85 bits per heavy atom. The fourth-order valence-corrected chi connectivity index (χ4v) is 5.44. The maximum Gasteiger partial charge on any atom is 0.335 e. The standard InChI is InChI=1S/C25H19NO7/c1-11-7-12-5-6-25(33-2)21(14(12)8-13(11)24(30)31)22(28)17-10-16-15(9-18(17)23(25)29)19(26-32)3-4-20(16)27/h3-4,7-10,19,21H,5-6H2,1-2H3,(H,30,31). The molecule has 33 heavy (non-hydrogen) atoms. The normalized spacial score (nSPS) is 25.1. The molecule has 3 aliphatic rings. The Hall–Kier alpha value is -3.78. The number of ketones is 3. The second kappa shape index (κ2) is 7.11. The molecule has 5 rings (SSSR count). The number of carboxylic acid groups (broad SMARTS) is 1. The molecule has 0 heterocycles. The van der Waals surface area contributed by atoms with Crippen LogP contribution in [0.5, 0.6) is 0 Å². The van der Waals surface area contributed by atoms with E-state index < -0.39 is 35.1 Å². The Morgan fingerprint density at radius 1 is 1.09 bits per heavy atom. The second-order valence-corrected chi connectivity index (χ2v) is 8.65. The number of allylic oxidation sites excluding steroid dienone is 1. The molecule has 0 radical (unpaired) electrons. The van der Waals surface area contributed by atoms with Crippen LogP contribution >= 0.6 is 0 Å². The largest absolute Gasteiger partial charge is 0.478 e. The van der Waals surface area contributed by atoms with Gasteiger partial charge in [-0.2, -0.15) is 0 Å². The Bertz CT molecular complexity index is 1340. The van der Waals surface area contributed by atoms with E-state index in [0.717, 1.165) is 5.56 Å². The zero-order valence-electron chi connectivity index (χ0n) is 17.9. The van der Waals surface area contributed by atoms with Gasteiger partial charge in [-0.1, -0.05) is 11.2 Å². The summed E-state index contributed by atoms with van der Waals surface area (Å²) in [7, 11) is 1.36. The summed E-state index contributed by atoms with van der Waals surface area (Å²) in [4.78, 5) is 63.2. The zero-order valence-corrected chi connectivity index (χ0v) is 17.9. The monoisotopic (exact) mass is 445 g/mol. The summed E-state index contributed by atoms with van der Waals surface area (Å²) in [6, 6.07) is 5.03. The molecule has 0 saturated carbocycles. The van der Waals surface area contributed by atoms with Crippen molar-refractivity contribution in [3.05, 3.63) is 85.8 Å². The van der Waals surface area contributed by atoms with Crippen LogP contribution in [0.1, 0.15) is 82.1 Å². The molecule has 0 amide bonds. The molecule has 0 bridgehead atoms. The van der Waals surface area contributed by atoms with Crippen LogP contribution in [0.25, 0.3) is 0 Å². The molecule has 8 nitrogen and oxygen atoms in total. The van der Waals surface area contributed by atoms with Gasteiger partial charge in [-0.25, -0.2) is 4.79 Å². The molecule has 2 aromatic carbocycles. The van der Waals surface area contributed by atoms with E-state index in [1.54, 1.807) is 13.0 Å². The Balaban J connectivity index is 1.77. The quantitative estimate of drug-likeness (QED) is 0.713. The summed E-state index contributed by atoms with van der Waals surface area (Å²) in [5.74, 6) is -3.41. The number of nitroso groups, excluding NO2 is 1. The molecule has 2 aromatic rings. The van der Waals surface area contributed by atoms with Gasteiger partial charge >= 0.3 is 5.97 Å². The van der Waals surface area contributed by atoms with Crippen molar-refractivity contribution in [3.63, 3.8) is 0 Å². The second-order valence-electron chi connectivity index (χ2n) is 8.65. The molecule has 1 N–H and O–H groups in total. The lowest BCUT2D eigenvalue weighted by Crippen LogP contribution is -2.55. The van der Waals surface area contributed by atoms with Crippen LogP contribution in [-0.4, -0.2) is 41.1 Å². The topological polar surface area (TPSA) is 127 Å². The van der Waals surface area contributed by atoms with Gasteiger partial charge in [0.2, 0.25) is 0 Å². The smallest absolute Gasteiger partial charge is 0.335 e. The Morgan fingerprint density at radius 3 is 2.52 bits per heavy atom. The van der Waals surface area contributed by atoms with Crippen molar-refractivity contribution >= 4 is 23.3 Å². The van der Waals surface area contributed by atoms with Crippen LogP contribution < -0.4 is 0 Å². The average Bonchev–Trinajstić information content (AvgIpc) is 2.81. The van der Waals surface area contributed by atoms with Gasteiger partial charge in [0.15, 0.2) is 17.3 Å². The van der Waals surface area contributed by atoms with Gasteiger partial charge in [-0.05, 0) is 72.4 Å². The van der Waals surface area contributed by atoms with Gasteiger partial charge < -0.3 is 9.84 Å². The minimum absolute atomic E-state index is 0.0531. The van der Waals surface area contributed by atoms with Crippen molar-refractivity contribution in [1.82, 2.24) is 0 Å². The highest BCUT2D eigenvalue weighted by atomic mass is 16.5. The van der Waals surface area contributed by atoms with Crippen molar-refractivity contribution in [2.24, 2.45) is 5.18 Å². The first-order valence-electron chi connectivity index (χ1n) is 10.5. The van der Waals surface area contributed by atoms with Crippen LogP contribution in [0, 0.1) is 11.8 Å². The number of hydrogen-bond donors (Lipinski definition) is 1. The van der Waals surface area contributed by atoms with Crippen molar-refractivity contribution in [2.45, 2.75) is 37.3 Å². The molecular weight excluding hydrogens is 426 g/mol. The van der Waals surface area contributed by atoms with E-state index in [2.05, 4.69) is 5.18 Å². The predicted molar refractivity (Wildman–Crippen MR) is 116 cm³/mol. The van der Waals surface area contributed by atoms with E-state index >= 15 is 0 Å². The maximum atomic E-state index is 13.8. The number of aromatic carboxylic acids is 1. The average molecular weight is 445 g/mol. The summed E-state index contributed by atoms with van der Waals surface area (Å²) < 4.78 is 5.74. The molecule has 166 valence electrons.